The summed E-state index contributed by atoms with van der Waals surface area (Å²) in [7, 11) is 0. The van der Waals surface area contributed by atoms with Crippen molar-refractivity contribution >= 4 is 17.3 Å². The van der Waals surface area contributed by atoms with Gasteiger partial charge in [0.15, 0.2) is 0 Å². The van der Waals surface area contributed by atoms with Crippen LogP contribution in [-0.2, 0) is 9.63 Å². The number of anilines is 1. The summed E-state index contributed by atoms with van der Waals surface area (Å²) in [5, 5.41) is 7.00. The molecule has 2 unspecified atom stereocenters. The standard InChI is InChI=1S/C23H22N4O2/c24-23(16-5-2-1-3-6-16)17-8-10-19(11-9-17)26-22(28)14-20-13-21(27-29-20)18-7-4-12-25-15-18/h1-12,15,20,23H,13-14,24H2,(H,26,28). The van der Waals surface area contributed by atoms with Crippen LogP contribution in [0, 0.1) is 0 Å². The first-order chi connectivity index (χ1) is 14.2. The topological polar surface area (TPSA) is 89.6 Å². The Bertz CT molecular complexity index is 988. The molecule has 1 aliphatic rings. The van der Waals surface area contributed by atoms with E-state index in [0.29, 0.717) is 6.42 Å². The number of benzene rings is 2. The minimum atomic E-state index is -0.268. The maximum Gasteiger partial charge on any atom is 0.228 e. The lowest BCUT2D eigenvalue weighted by Gasteiger charge is -2.14. The molecule has 6 nitrogen and oxygen atoms in total. The molecular weight excluding hydrogens is 364 g/mol. The van der Waals surface area contributed by atoms with Gasteiger partial charge in [-0.05, 0) is 35.4 Å². The van der Waals surface area contributed by atoms with E-state index in [0.717, 1.165) is 28.1 Å². The fourth-order valence-corrected chi connectivity index (χ4v) is 3.29. The number of nitrogens with zero attached hydrogens (tertiary/aromatic N) is 2. The molecule has 0 saturated heterocycles. The van der Waals surface area contributed by atoms with Gasteiger partial charge in [-0.2, -0.15) is 0 Å². The van der Waals surface area contributed by atoms with Crippen molar-refractivity contribution < 1.29 is 9.63 Å². The second kappa shape index (κ2) is 8.67. The molecule has 0 spiro atoms. The molecule has 3 aromatic rings. The first-order valence-electron chi connectivity index (χ1n) is 9.52. The van der Waals surface area contributed by atoms with E-state index in [1.54, 1.807) is 12.4 Å². The van der Waals surface area contributed by atoms with Gasteiger partial charge in [0.1, 0.15) is 6.10 Å². The molecule has 0 aliphatic carbocycles. The number of nitrogens with one attached hydrogen (secondary N) is 1. The zero-order chi connectivity index (χ0) is 20.1. The van der Waals surface area contributed by atoms with Crippen LogP contribution in [0.5, 0.6) is 0 Å². The third kappa shape index (κ3) is 4.67. The van der Waals surface area contributed by atoms with Gasteiger partial charge >= 0.3 is 0 Å². The van der Waals surface area contributed by atoms with E-state index < -0.39 is 0 Å². The number of amides is 1. The Morgan fingerprint density at radius 3 is 2.55 bits per heavy atom. The molecule has 0 radical (unpaired) electrons. The third-order valence-corrected chi connectivity index (χ3v) is 4.85. The summed E-state index contributed by atoms with van der Waals surface area (Å²) in [6.45, 7) is 0. The number of oxime groups is 1. The van der Waals surface area contributed by atoms with Gasteiger partial charge in [-0.15, -0.1) is 0 Å². The van der Waals surface area contributed by atoms with E-state index in [1.807, 2.05) is 66.7 Å². The molecule has 1 aromatic heterocycles. The molecule has 4 rings (SSSR count). The van der Waals surface area contributed by atoms with Gasteiger partial charge in [-0.1, -0.05) is 47.6 Å². The molecule has 6 heteroatoms. The SMILES string of the molecule is NC(c1ccccc1)c1ccc(NC(=O)CC2CC(c3cccnc3)=NO2)cc1. The average molecular weight is 386 g/mol. The molecule has 2 aromatic carbocycles. The highest BCUT2D eigenvalue weighted by Crippen LogP contribution is 2.22. The number of pyridine rings is 1. The van der Waals surface area contributed by atoms with E-state index in [-0.39, 0.29) is 24.5 Å². The smallest absolute Gasteiger partial charge is 0.228 e. The van der Waals surface area contributed by atoms with Crippen LogP contribution in [0.4, 0.5) is 5.69 Å². The van der Waals surface area contributed by atoms with E-state index >= 15 is 0 Å². The van der Waals surface area contributed by atoms with Crippen LogP contribution in [-0.4, -0.2) is 22.7 Å². The minimum Gasteiger partial charge on any atom is -0.391 e. The number of nitrogens with two attached hydrogens (primary N) is 1. The van der Waals surface area contributed by atoms with Gasteiger partial charge in [0.2, 0.25) is 5.91 Å². The van der Waals surface area contributed by atoms with Crippen LogP contribution >= 0.6 is 0 Å². The Labute approximate surface area is 169 Å². The number of carbonyl (C=O) groups excluding carboxylic acids is 1. The maximum absolute atomic E-state index is 12.4. The molecular formula is C23H22N4O2. The molecule has 1 aliphatic heterocycles. The maximum atomic E-state index is 12.4. The molecule has 0 bridgehead atoms. The van der Waals surface area contributed by atoms with Crippen molar-refractivity contribution in [2.24, 2.45) is 10.9 Å². The summed E-state index contributed by atoms with van der Waals surface area (Å²) in [5.41, 5.74) is 10.8. The Morgan fingerprint density at radius 1 is 1.07 bits per heavy atom. The van der Waals surface area contributed by atoms with Crippen molar-refractivity contribution in [2.75, 3.05) is 5.32 Å². The third-order valence-electron chi connectivity index (χ3n) is 4.85. The zero-order valence-corrected chi connectivity index (χ0v) is 15.9. The summed E-state index contributed by atoms with van der Waals surface area (Å²) in [6, 6.07) is 21.1. The Kier molecular flexibility index (Phi) is 5.63. The van der Waals surface area contributed by atoms with Crippen LogP contribution in [0.15, 0.2) is 84.3 Å². The highest BCUT2D eigenvalue weighted by atomic mass is 16.6. The quantitative estimate of drug-likeness (QED) is 0.677. The second-order valence-corrected chi connectivity index (χ2v) is 6.97. The number of hydrogen-bond donors (Lipinski definition) is 2. The van der Waals surface area contributed by atoms with Gasteiger partial charge in [-0.3, -0.25) is 9.78 Å². The summed E-state index contributed by atoms with van der Waals surface area (Å²) < 4.78 is 0. The second-order valence-electron chi connectivity index (χ2n) is 6.97. The zero-order valence-electron chi connectivity index (χ0n) is 15.9. The average Bonchev–Trinajstić information content (AvgIpc) is 3.23. The molecule has 29 heavy (non-hydrogen) atoms. The molecule has 2 atom stereocenters. The monoisotopic (exact) mass is 386 g/mol. The van der Waals surface area contributed by atoms with Crippen LogP contribution in [0.1, 0.15) is 35.6 Å². The Hall–Kier alpha value is -3.51. The predicted octanol–water partition coefficient (Wildman–Crippen LogP) is 3.65. The molecule has 2 heterocycles. The predicted molar refractivity (Wildman–Crippen MR) is 112 cm³/mol. The largest absolute Gasteiger partial charge is 0.391 e. The van der Waals surface area contributed by atoms with Crippen molar-refractivity contribution in [3.63, 3.8) is 0 Å². The first kappa shape index (κ1) is 18.8. The Morgan fingerprint density at radius 2 is 1.83 bits per heavy atom. The van der Waals surface area contributed by atoms with Crippen molar-refractivity contribution in [3.05, 3.63) is 95.8 Å². The van der Waals surface area contributed by atoms with Crippen molar-refractivity contribution in [3.8, 4) is 0 Å². The van der Waals surface area contributed by atoms with Gasteiger partial charge < -0.3 is 15.9 Å². The van der Waals surface area contributed by atoms with E-state index in [1.165, 1.54) is 0 Å². The number of aromatic nitrogens is 1. The van der Waals surface area contributed by atoms with Crippen LogP contribution in [0.2, 0.25) is 0 Å². The molecule has 1 amide bonds. The number of rotatable bonds is 6. The fourth-order valence-electron chi connectivity index (χ4n) is 3.29. The summed E-state index contributed by atoms with van der Waals surface area (Å²) in [6.07, 6.45) is 4.01. The lowest BCUT2D eigenvalue weighted by atomic mass is 9.99. The number of hydrogen-bond acceptors (Lipinski definition) is 5. The van der Waals surface area contributed by atoms with Crippen LogP contribution in [0.25, 0.3) is 0 Å². The van der Waals surface area contributed by atoms with Crippen molar-refractivity contribution in [1.29, 1.82) is 0 Å². The minimum absolute atomic E-state index is 0.113. The highest BCUT2D eigenvalue weighted by Gasteiger charge is 2.25. The van der Waals surface area contributed by atoms with Crippen molar-refractivity contribution in [1.82, 2.24) is 4.98 Å². The fraction of sp³-hybridized carbons (Fsp3) is 0.174. The highest BCUT2D eigenvalue weighted by molar-refractivity contribution is 6.01. The first-order valence-corrected chi connectivity index (χ1v) is 9.52. The lowest BCUT2D eigenvalue weighted by molar-refractivity contribution is -0.118. The van der Waals surface area contributed by atoms with Crippen molar-refractivity contribution in [2.45, 2.75) is 25.0 Å². The number of carbonyl (C=O) groups is 1. The van der Waals surface area contributed by atoms with E-state index in [4.69, 9.17) is 10.6 Å². The summed E-state index contributed by atoms with van der Waals surface area (Å²) >= 11 is 0. The summed E-state index contributed by atoms with van der Waals surface area (Å²) in [4.78, 5) is 21.9. The lowest BCUT2D eigenvalue weighted by Crippen LogP contribution is -2.20. The van der Waals surface area contributed by atoms with Gasteiger partial charge in [-0.25, -0.2) is 0 Å². The molecule has 3 N–H and O–H groups in total. The molecule has 0 fully saturated rings. The van der Waals surface area contributed by atoms with Gasteiger partial charge in [0.25, 0.3) is 0 Å². The van der Waals surface area contributed by atoms with E-state index in [2.05, 4.69) is 15.5 Å². The van der Waals surface area contributed by atoms with Crippen LogP contribution in [0.3, 0.4) is 0 Å². The summed E-state index contributed by atoms with van der Waals surface area (Å²) in [5.74, 6) is -0.113. The van der Waals surface area contributed by atoms with Crippen LogP contribution < -0.4 is 11.1 Å². The van der Waals surface area contributed by atoms with Gasteiger partial charge in [0, 0.05) is 30.1 Å². The molecule has 0 saturated carbocycles. The normalized spacial score (nSPS) is 16.6. The Balaban J connectivity index is 1.30. The van der Waals surface area contributed by atoms with E-state index in [9.17, 15) is 4.79 Å². The molecule has 146 valence electrons. The van der Waals surface area contributed by atoms with Gasteiger partial charge in [0.05, 0.1) is 18.2 Å².